The Morgan fingerprint density at radius 1 is 1.64 bits per heavy atom. The molecule has 0 aromatic carbocycles. The van der Waals surface area contributed by atoms with Crippen LogP contribution in [0, 0.1) is 6.92 Å². The highest BCUT2D eigenvalue weighted by Gasteiger charge is 2.18. The lowest BCUT2D eigenvalue weighted by molar-refractivity contribution is 0.0524. The van der Waals surface area contributed by atoms with Gasteiger partial charge in [0.1, 0.15) is 5.56 Å². The van der Waals surface area contributed by atoms with Crippen LogP contribution in [0.5, 0.6) is 0 Å². The minimum atomic E-state index is -0.387. The number of nitrogens with zero attached hydrogens (tertiary/aromatic N) is 1. The van der Waals surface area contributed by atoms with Gasteiger partial charge in [-0.1, -0.05) is 0 Å². The smallest absolute Gasteiger partial charge is 0.341 e. The van der Waals surface area contributed by atoms with Gasteiger partial charge in [0.05, 0.1) is 12.3 Å². The molecular formula is C9H14N2O3. The predicted octanol–water partition coefficient (Wildman–Crippen LogP) is 0.430. The third kappa shape index (κ3) is 2.11. The molecule has 0 fully saturated rings. The SMILES string of the molecule is CCOC(=O)c1c(CCO)n[nH]c1C. The van der Waals surface area contributed by atoms with Crippen molar-refractivity contribution in [2.45, 2.75) is 20.3 Å². The van der Waals surface area contributed by atoms with Crippen LogP contribution in [0.1, 0.15) is 28.7 Å². The average molecular weight is 198 g/mol. The first kappa shape index (κ1) is 10.7. The van der Waals surface area contributed by atoms with Crippen LogP contribution in [0.15, 0.2) is 0 Å². The second-order valence-corrected chi connectivity index (χ2v) is 2.86. The van der Waals surface area contributed by atoms with Gasteiger partial charge in [-0.15, -0.1) is 0 Å². The van der Waals surface area contributed by atoms with Crippen molar-refractivity contribution in [1.82, 2.24) is 10.2 Å². The van der Waals surface area contributed by atoms with Crippen molar-refractivity contribution in [3.63, 3.8) is 0 Å². The molecule has 5 nitrogen and oxygen atoms in total. The van der Waals surface area contributed by atoms with Gasteiger partial charge in [0.2, 0.25) is 0 Å². The van der Waals surface area contributed by atoms with Crippen molar-refractivity contribution in [3.05, 3.63) is 17.0 Å². The van der Waals surface area contributed by atoms with E-state index in [4.69, 9.17) is 9.84 Å². The predicted molar refractivity (Wildman–Crippen MR) is 50.1 cm³/mol. The standard InChI is InChI=1S/C9H14N2O3/c1-3-14-9(13)8-6(2)10-11-7(8)4-5-12/h12H,3-5H2,1-2H3,(H,10,11). The lowest BCUT2D eigenvalue weighted by atomic mass is 10.1. The summed E-state index contributed by atoms with van der Waals surface area (Å²) in [5, 5.41) is 15.4. The molecule has 0 bridgehead atoms. The Hall–Kier alpha value is -1.36. The summed E-state index contributed by atoms with van der Waals surface area (Å²) in [5.74, 6) is -0.387. The highest BCUT2D eigenvalue weighted by atomic mass is 16.5. The van der Waals surface area contributed by atoms with E-state index in [1.807, 2.05) is 0 Å². The van der Waals surface area contributed by atoms with Crippen LogP contribution in [0.25, 0.3) is 0 Å². The first-order valence-corrected chi connectivity index (χ1v) is 4.52. The molecule has 0 radical (unpaired) electrons. The minimum absolute atomic E-state index is 0.0311. The van der Waals surface area contributed by atoms with Gasteiger partial charge in [-0.25, -0.2) is 4.79 Å². The summed E-state index contributed by atoms with van der Waals surface area (Å²) in [4.78, 5) is 11.5. The lowest BCUT2D eigenvalue weighted by Gasteiger charge is -2.02. The number of aryl methyl sites for hydroxylation is 1. The summed E-state index contributed by atoms with van der Waals surface area (Å²) in [5.41, 5.74) is 1.68. The molecule has 78 valence electrons. The molecule has 1 heterocycles. The van der Waals surface area contributed by atoms with E-state index in [1.165, 1.54) is 0 Å². The molecule has 0 aliphatic carbocycles. The Morgan fingerprint density at radius 3 is 2.93 bits per heavy atom. The number of hydrogen-bond donors (Lipinski definition) is 2. The molecule has 2 N–H and O–H groups in total. The number of carbonyl (C=O) groups excluding carboxylic acids is 1. The normalized spacial score (nSPS) is 10.2. The van der Waals surface area contributed by atoms with Crippen LogP contribution in [0.3, 0.4) is 0 Å². The number of hydrogen-bond acceptors (Lipinski definition) is 4. The number of aliphatic hydroxyl groups is 1. The third-order valence-electron chi connectivity index (χ3n) is 1.85. The molecule has 0 spiro atoms. The van der Waals surface area contributed by atoms with E-state index in [1.54, 1.807) is 13.8 Å². The Morgan fingerprint density at radius 2 is 2.36 bits per heavy atom. The fourth-order valence-corrected chi connectivity index (χ4v) is 1.24. The number of H-pyrrole nitrogens is 1. The van der Waals surface area contributed by atoms with Crippen molar-refractivity contribution in [2.24, 2.45) is 0 Å². The zero-order valence-electron chi connectivity index (χ0n) is 8.33. The van der Waals surface area contributed by atoms with E-state index < -0.39 is 0 Å². The molecule has 1 aromatic rings. The molecule has 14 heavy (non-hydrogen) atoms. The third-order valence-corrected chi connectivity index (χ3v) is 1.85. The van der Waals surface area contributed by atoms with Crippen molar-refractivity contribution >= 4 is 5.97 Å². The van der Waals surface area contributed by atoms with Gasteiger partial charge in [-0.05, 0) is 13.8 Å². The molecule has 1 rings (SSSR count). The van der Waals surface area contributed by atoms with Crippen LogP contribution in [0.4, 0.5) is 0 Å². The summed E-state index contributed by atoms with van der Waals surface area (Å²) < 4.78 is 4.87. The van der Waals surface area contributed by atoms with E-state index in [9.17, 15) is 4.79 Å². The van der Waals surface area contributed by atoms with Gasteiger partial charge < -0.3 is 9.84 Å². The van der Waals surface area contributed by atoms with Crippen molar-refractivity contribution < 1.29 is 14.6 Å². The van der Waals surface area contributed by atoms with Gasteiger partial charge in [0.15, 0.2) is 0 Å². The van der Waals surface area contributed by atoms with Crippen LogP contribution in [-0.2, 0) is 11.2 Å². The summed E-state index contributed by atoms with van der Waals surface area (Å²) in [6.07, 6.45) is 0.360. The Bertz CT molecular complexity index is 320. The lowest BCUT2D eigenvalue weighted by Crippen LogP contribution is -2.09. The van der Waals surface area contributed by atoms with Crippen molar-refractivity contribution in [3.8, 4) is 0 Å². The maximum Gasteiger partial charge on any atom is 0.341 e. The van der Waals surface area contributed by atoms with Gasteiger partial charge >= 0.3 is 5.97 Å². The summed E-state index contributed by atoms with van der Waals surface area (Å²) >= 11 is 0. The maximum absolute atomic E-state index is 11.5. The van der Waals surface area contributed by atoms with Crippen LogP contribution < -0.4 is 0 Å². The number of carbonyl (C=O) groups is 1. The minimum Gasteiger partial charge on any atom is -0.462 e. The molecule has 0 amide bonds. The Kier molecular flexibility index (Phi) is 3.64. The highest BCUT2D eigenvalue weighted by molar-refractivity contribution is 5.91. The number of aromatic nitrogens is 2. The molecule has 1 aromatic heterocycles. The number of rotatable bonds is 4. The second-order valence-electron chi connectivity index (χ2n) is 2.86. The molecule has 0 unspecified atom stereocenters. The number of nitrogens with one attached hydrogen (secondary N) is 1. The van der Waals surface area contributed by atoms with Crippen LogP contribution >= 0.6 is 0 Å². The van der Waals surface area contributed by atoms with E-state index >= 15 is 0 Å². The molecule has 0 saturated carbocycles. The molecule has 0 saturated heterocycles. The Balaban J connectivity index is 2.92. The number of esters is 1. The van der Waals surface area contributed by atoms with E-state index in [2.05, 4.69) is 10.2 Å². The Labute approximate surface area is 82.1 Å². The quantitative estimate of drug-likeness (QED) is 0.688. The topological polar surface area (TPSA) is 75.2 Å². The van der Waals surface area contributed by atoms with Gasteiger partial charge in [0.25, 0.3) is 0 Å². The number of ether oxygens (including phenoxy) is 1. The zero-order chi connectivity index (χ0) is 10.6. The summed E-state index contributed by atoms with van der Waals surface area (Å²) in [7, 11) is 0. The highest BCUT2D eigenvalue weighted by Crippen LogP contribution is 2.12. The van der Waals surface area contributed by atoms with E-state index in [0.29, 0.717) is 30.0 Å². The second kappa shape index (κ2) is 4.76. The van der Waals surface area contributed by atoms with E-state index in [0.717, 1.165) is 0 Å². The summed E-state index contributed by atoms with van der Waals surface area (Å²) in [6, 6.07) is 0. The maximum atomic E-state index is 11.5. The van der Waals surface area contributed by atoms with Gasteiger partial charge in [-0.3, -0.25) is 5.10 Å². The molecular weight excluding hydrogens is 184 g/mol. The molecule has 0 aliphatic heterocycles. The fraction of sp³-hybridized carbons (Fsp3) is 0.556. The first-order chi connectivity index (χ1) is 6.70. The van der Waals surface area contributed by atoms with Crippen molar-refractivity contribution in [1.29, 1.82) is 0 Å². The zero-order valence-corrected chi connectivity index (χ0v) is 8.33. The van der Waals surface area contributed by atoms with E-state index in [-0.39, 0.29) is 12.6 Å². The van der Waals surface area contributed by atoms with Crippen molar-refractivity contribution in [2.75, 3.05) is 13.2 Å². The average Bonchev–Trinajstić information content (AvgIpc) is 2.48. The molecule has 5 heteroatoms. The largest absolute Gasteiger partial charge is 0.462 e. The first-order valence-electron chi connectivity index (χ1n) is 4.52. The number of aromatic amines is 1. The van der Waals surface area contributed by atoms with Crippen LogP contribution in [0.2, 0.25) is 0 Å². The van der Waals surface area contributed by atoms with Gasteiger partial charge in [0, 0.05) is 18.7 Å². The number of aliphatic hydroxyl groups excluding tert-OH is 1. The molecule has 0 aliphatic rings. The summed E-state index contributed by atoms with van der Waals surface area (Å²) in [6.45, 7) is 3.80. The monoisotopic (exact) mass is 198 g/mol. The van der Waals surface area contributed by atoms with Gasteiger partial charge in [-0.2, -0.15) is 5.10 Å². The fourth-order valence-electron chi connectivity index (χ4n) is 1.24. The molecule has 0 atom stereocenters. The van der Waals surface area contributed by atoms with Crippen LogP contribution in [-0.4, -0.2) is 34.5 Å².